The van der Waals surface area contributed by atoms with Crippen molar-refractivity contribution in [3.8, 4) is 0 Å². The first-order valence-electron chi connectivity index (χ1n) is 18.2. The average Bonchev–Trinajstić information content (AvgIpc) is 3.57. The first-order chi connectivity index (χ1) is 24.9. The Morgan fingerprint density at radius 2 is 1.39 bits per heavy atom. The summed E-state index contributed by atoms with van der Waals surface area (Å²) in [4.78, 5) is 41.0. The van der Waals surface area contributed by atoms with Gasteiger partial charge in [-0.05, 0) is 36.1 Å². The maximum absolute atomic E-state index is 14.2. The highest BCUT2D eigenvalue weighted by atomic mass is 28.3. The third kappa shape index (κ3) is 8.09. The van der Waals surface area contributed by atoms with Crippen molar-refractivity contribution in [1.29, 1.82) is 0 Å². The lowest BCUT2D eigenvalue weighted by molar-refractivity contribution is -0.446. The van der Waals surface area contributed by atoms with Gasteiger partial charge in [-0.25, -0.2) is 9.63 Å². The molecule has 2 heterocycles. The number of fused-ring (bicyclic) bond motifs is 1. The second-order valence-electron chi connectivity index (χ2n) is 14.4. The highest BCUT2D eigenvalue weighted by molar-refractivity contribution is 6.91. The molecule has 4 aromatic rings. The summed E-state index contributed by atoms with van der Waals surface area (Å²) >= 11 is 0. The summed E-state index contributed by atoms with van der Waals surface area (Å²) in [6.07, 6.45) is 2.08. The second-order valence-corrected chi connectivity index (χ2v) is 19.1. The Morgan fingerprint density at radius 3 is 2.10 bits per heavy atom. The number of benzene rings is 4. The fourth-order valence-electron chi connectivity index (χ4n) is 8.07. The first-order valence-corrected chi connectivity index (χ1v) is 21.3. The molecule has 8 nitrogen and oxygen atoms in total. The molecule has 7 rings (SSSR count). The Labute approximate surface area is 301 Å². The predicted octanol–water partition coefficient (Wildman–Crippen LogP) is 7.37. The van der Waals surface area contributed by atoms with Crippen LogP contribution in [0.15, 0.2) is 121 Å². The SMILES string of the molecule is C[Si](C)(c1ccccc1)[C@H]1[C@@H]2[C@@H](OC(=O)c3ccccc3)C[C@@H](O[C@@H]3CCCC[C@H]3c3ccccc3)ON2O[C@H]1C(=O)COCc1ccccc1. The molecule has 1 aliphatic carbocycles. The lowest BCUT2D eigenvalue weighted by Crippen LogP contribution is -2.59. The van der Waals surface area contributed by atoms with Crippen LogP contribution in [0.25, 0.3) is 0 Å². The van der Waals surface area contributed by atoms with Gasteiger partial charge in [-0.2, -0.15) is 0 Å². The van der Waals surface area contributed by atoms with E-state index in [1.807, 2.05) is 72.8 Å². The molecule has 3 fully saturated rings. The van der Waals surface area contributed by atoms with Crippen molar-refractivity contribution < 1.29 is 33.5 Å². The molecule has 0 unspecified atom stereocenters. The molecule has 0 aromatic heterocycles. The van der Waals surface area contributed by atoms with Gasteiger partial charge in [0.15, 0.2) is 12.1 Å². The molecule has 0 bridgehead atoms. The molecule has 7 atom stereocenters. The van der Waals surface area contributed by atoms with Gasteiger partial charge in [0.2, 0.25) is 0 Å². The van der Waals surface area contributed by atoms with Crippen molar-refractivity contribution in [2.75, 3.05) is 6.61 Å². The summed E-state index contributed by atoms with van der Waals surface area (Å²) in [5.41, 5.74) is 2.37. The topological polar surface area (TPSA) is 83.5 Å². The maximum Gasteiger partial charge on any atom is 0.338 e. The second kappa shape index (κ2) is 16.2. The average molecular weight is 706 g/mol. The number of carbonyl (C=O) groups is 2. The van der Waals surface area contributed by atoms with Crippen LogP contribution >= 0.6 is 0 Å². The quantitative estimate of drug-likeness (QED) is 0.112. The van der Waals surface area contributed by atoms with Gasteiger partial charge in [-0.3, -0.25) is 9.63 Å². The highest BCUT2D eigenvalue weighted by Gasteiger charge is 2.61. The normalized spacial score (nSPS) is 26.7. The Hall–Kier alpha value is -3.96. The summed E-state index contributed by atoms with van der Waals surface area (Å²) in [5, 5.41) is 2.61. The molecule has 0 radical (unpaired) electrons. The van der Waals surface area contributed by atoms with Crippen LogP contribution in [0.2, 0.25) is 18.6 Å². The molecule has 2 aliphatic heterocycles. The number of hydroxylamine groups is 2. The van der Waals surface area contributed by atoms with Crippen LogP contribution in [0, 0.1) is 0 Å². The van der Waals surface area contributed by atoms with E-state index in [0.717, 1.165) is 31.2 Å². The van der Waals surface area contributed by atoms with Gasteiger partial charge < -0.3 is 14.2 Å². The first kappa shape index (κ1) is 35.4. The van der Waals surface area contributed by atoms with Crippen LogP contribution in [-0.4, -0.2) is 62.3 Å². The van der Waals surface area contributed by atoms with E-state index in [9.17, 15) is 9.59 Å². The van der Waals surface area contributed by atoms with Crippen molar-refractivity contribution in [1.82, 2.24) is 5.23 Å². The fourth-order valence-corrected chi connectivity index (χ4v) is 11.7. The minimum absolute atomic E-state index is 0.0782. The van der Waals surface area contributed by atoms with Crippen LogP contribution in [0.1, 0.15) is 59.5 Å². The summed E-state index contributed by atoms with van der Waals surface area (Å²) in [5.74, 6) is -0.383. The van der Waals surface area contributed by atoms with Gasteiger partial charge in [-0.1, -0.05) is 146 Å². The van der Waals surface area contributed by atoms with Crippen LogP contribution in [0.4, 0.5) is 0 Å². The lowest BCUT2D eigenvalue weighted by atomic mass is 9.81. The van der Waals surface area contributed by atoms with Gasteiger partial charge in [0, 0.05) is 17.9 Å². The third-order valence-electron chi connectivity index (χ3n) is 10.7. The molecule has 0 N–H and O–H groups in total. The Kier molecular flexibility index (Phi) is 11.2. The zero-order chi connectivity index (χ0) is 35.2. The van der Waals surface area contributed by atoms with Gasteiger partial charge in [0.25, 0.3) is 0 Å². The van der Waals surface area contributed by atoms with Gasteiger partial charge in [-0.15, -0.1) is 0 Å². The number of ketones is 1. The van der Waals surface area contributed by atoms with E-state index in [0.29, 0.717) is 18.6 Å². The molecule has 2 saturated heterocycles. The van der Waals surface area contributed by atoms with Crippen molar-refractivity contribution in [3.05, 3.63) is 138 Å². The number of esters is 1. The Balaban J connectivity index is 1.19. The fraction of sp³-hybridized carbons (Fsp3) is 0.381. The summed E-state index contributed by atoms with van der Waals surface area (Å²) in [7, 11) is -2.53. The molecular formula is C42H47NO7Si. The predicted molar refractivity (Wildman–Crippen MR) is 197 cm³/mol. The van der Waals surface area contributed by atoms with E-state index < -0.39 is 38.6 Å². The number of Topliss-reactive ketones (excluding diaryl/α,β-unsaturated/α-hetero) is 1. The summed E-state index contributed by atoms with van der Waals surface area (Å²) in [6.45, 7) is 4.68. The minimum Gasteiger partial charge on any atom is -0.457 e. The van der Waals surface area contributed by atoms with E-state index in [1.54, 1.807) is 12.1 Å². The summed E-state index contributed by atoms with van der Waals surface area (Å²) in [6, 6.07) is 39.0. The highest BCUT2D eigenvalue weighted by Crippen LogP contribution is 2.47. The molecule has 1 saturated carbocycles. The van der Waals surface area contributed by atoms with E-state index >= 15 is 0 Å². The molecule has 0 amide bonds. The number of hydrogen-bond acceptors (Lipinski definition) is 8. The smallest absolute Gasteiger partial charge is 0.338 e. The third-order valence-corrected chi connectivity index (χ3v) is 14.9. The summed E-state index contributed by atoms with van der Waals surface area (Å²) < 4.78 is 19.2. The van der Waals surface area contributed by atoms with Crippen molar-refractivity contribution in [2.24, 2.45) is 0 Å². The minimum atomic E-state index is -2.53. The number of hydrogen-bond donors (Lipinski definition) is 0. The van der Waals surface area contributed by atoms with Crippen LogP contribution in [-0.2, 0) is 35.3 Å². The largest absolute Gasteiger partial charge is 0.457 e. The number of nitrogens with zero attached hydrogens (tertiary/aromatic N) is 1. The van der Waals surface area contributed by atoms with E-state index in [4.69, 9.17) is 23.9 Å². The monoisotopic (exact) mass is 705 g/mol. The van der Waals surface area contributed by atoms with Gasteiger partial charge in [0.05, 0.1) is 26.3 Å². The van der Waals surface area contributed by atoms with Gasteiger partial charge in [0.1, 0.15) is 24.9 Å². The molecule has 266 valence electrons. The van der Waals surface area contributed by atoms with Crippen LogP contribution in [0.3, 0.4) is 0 Å². The van der Waals surface area contributed by atoms with E-state index in [2.05, 4.69) is 49.5 Å². The standard InChI is InChI=1S/C42H47NO7Si/c1-51(2,33-23-13-6-14-24-33)41-39-37(48-42(45)32-21-11-5-12-22-32)27-38(47-36-26-16-15-25-34(36)31-19-9-4-10-20-31)49-43(39)50-40(41)35(44)29-46-28-30-17-7-3-8-18-30/h3-14,17-24,34,36-41H,15-16,25-29H2,1-2H3/t34-,36+,37-,38-,39-,40-,41-/m0/s1. The molecule has 0 spiro atoms. The molecule has 51 heavy (non-hydrogen) atoms. The van der Waals surface area contributed by atoms with Crippen LogP contribution < -0.4 is 5.19 Å². The number of rotatable bonds is 12. The van der Waals surface area contributed by atoms with Crippen molar-refractivity contribution in [2.45, 2.75) is 93.9 Å². The number of ether oxygens (including phenoxy) is 3. The van der Waals surface area contributed by atoms with Gasteiger partial charge >= 0.3 is 5.97 Å². The Morgan fingerprint density at radius 1 is 0.765 bits per heavy atom. The van der Waals surface area contributed by atoms with Crippen molar-refractivity contribution >= 4 is 25.0 Å². The van der Waals surface area contributed by atoms with E-state index in [1.165, 1.54) is 16.0 Å². The molecule has 3 aliphatic rings. The van der Waals surface area contributed by atoms with Crippen molar-refractivity contribution in [3.63, 3.8) is 0 Å². The van der Waals surface area contributed by atoms with E-state index in [-0.39, 0.29) is 30.0 Å². The van der Waals surface area contributed by atoms with Crippen LogP contribution in [0.5, 0.6) is 0 Å². The number of carbonyl (C=O) groups excluding carboxylic acids is 2. The zero-order valence-electron chi connectivity index (χ0n) is 29.3. The maximum atomic E-state index is 14.2. The Bertz CT molecular complexity index is 1730. The molecule has 4 aromatic carbocycles. The molecule has 9 heteroatoms. The molecular weight excluding hydrogens is 659 g/mol. The lowest BCUT2D eigenvalue weighted by Gasteiger charge is -2.44. The zero-order valence-corrected chi connectivity index (χ0v) is 30.3.